The summed E-state index contributed by atoms with van der Waals surface area (Å²) < 4.78 is 0. The molecule has 10 nitrogen and oxygen atoms in total. The van der Waals surface area contributed by atoms with E-state index in [0.717, 1.165) is 0 Å². The van der Waals surface area contributed by atoms with E-state index in [4.69, 9.17) is 0 Å². The number of hydrazone groups is 2. The van der Waals surface area contributed by atoms with Gasteiger partial charge in [0, 0.05) is 37.1 Å². The Balaban J connectivity index is 1.53. The number of nitrogens with zero attached hydrogens (tertiary/aromatic N) is 2. The molecule has 0 aliphatic heterocycles. The first-order chi connectivity index (χ1) is 15.6. The Morgan fingerprint density at radius 1 is 0.625 bits per heavy atom. The normalized spacial score (nSPS) is 10.6. The van der Waals surface area contributed by atoms with Crippen molar-refractivity contribution in [3.05, 3.63) is 71.8 Å². The third kappa shape index (κ3) is 9.44. The quantitative estimate of drug-likeness (QED) is 0.306. The van der Waals surface area contributed by atoms with Gasteiger partial charge in [-0.3, -0.25) is 19.2 Å². The molecule has 2 aromatic rings. The maximum atomic E-state index is 11.8. The second-order valence-corrected chi connectivity index (χ2v) is 6.37. The van der Waals surface area contributed by atoms with Gasteiger partial charge >= 0.3 is 0 Å². The molecular weight excluding hydrogens is 412 g/mol. The van der Waals surface area contributed by atoms with Crippen LogP contribution in [-0.4, -0.2) is 49.1 Å². The van der Waals surface area contributed by atoms with Gasteiger partial charge in [-0.05, 0) is 24.3 Å². The van der Waals surface area contributed by atoms with E-state index in [-0.39, 0.29) is 49.6 Å². The van der Waals surface area contributed by atoms with Crippen LogP contribution in [0.25, 0.3) is 0 Å². The summed E-state index contributed by atoms with van der Waals surface area (Å²) in [6.07, 6.45) is 2.49. The summed E-state index contributed by atoms with van der Waals surface area (Å²) in [4.78, 5) is 47.0. The van der Waals surface area contributed by atoms with Crippen molar-refractivity contribution in [3.63, 3.8) is 0 Å². The standard InChI is InChI=1S/C22H24N6O4/c29-19(11-13-23-21(31)17-7-3-1-4-8-17)27-25-15-16-26-28-20(30)12-14-24-22(32)18-9-5-2-6-10-18/h1-10,15-16H,11-14H2,(H,23,31)(H,24,32)(H,27,29)(H,28,30). The monoisotopic (exact) mass is 436 g/mol. The molecule has 0 unspecified atom stereocenters. The Morgan fingerprint density at radius 3 is 1.38 bits per heavy atom. The summed E-state index contributed by atoms with van der Waals surface area (Å²) in [7, 11) is 0. The topological polar surface area (TPSA) is 141 Å². The van der Waals surface area contributed by atoms with E-state index >= 15 is 0 Å². The summed E-state index contributed by atoms with van der Waals surface area (Å²) in [5.74, 6) is -1.30. The minimum absolute atomic E-state index is 0.0541. The van der Waals surface area contributed by atoms with Crippen LogP contribution >= 0.6 is 0 Å². The summed E-state index contributed by atoms with van der Waals surface area (Å²) >= 11 is 0. The lowest BCUT2D eigenvalue weighted by Gasteiger charge is -2.04. The number of carbonyl (C=O) groups is 4. The van der Waals surface area contributed by atoms with Crippen LogP contribution in [0.15, 0.2) is 70.9 Å². The van der Waals surface area contributed by atoms with Crippen molar-refractivity contribution in [1.82, 2.24) is 21.5 Å². The van der Waals surface area contributed by atoms with Crippen molar-refractivity contribution in [1.29, 1.82) is 0 Å². The fourth-order valence-corrected chi connectivity index (χ4v) is 2.36. The maximum absolute atomic E-state index is 11.8. The second kappa shape index (κ2) is 13.8. The molecule has 0 saturated heterocycles. The van der Waals surface area contributed by atoms with Gasteiger partial charge < -0.3 is 10.6 Å². The van der Waals surface area contributed by atoms with Crippen LogP contribution in [0.5, 0.6) is 0 Å². The lowest BCUT2D eigenvalue weighted by atomic mass is 10.2. The minimum Gasteiger partial charge on any atom is -0.352 e. The van der Waals surface area contributed by atoms with E-state index in [2.05, 4.69) is 31.7 Å². The summed E-state index contributed by atoms with van der Waals surface area (Å²) in [6, 6.07) is 17.4. The number of amides is 4. The van der Waals surface area contributed by atoms with E-state index in [1.54, 1.807) is 48.5 Å². The largest absolute Gasteiger partial charge is 0.352 e. The minimum atomic E-state index is -0.388. The van der Waals surface area contributed by atoms with Gasteiger partial charge in [-0.15, -0.1) is 0 Å². The molecule has 0 saturated carbocycles. The van der Waals surface area contributed by atoms with E-state index in [1.165, 1.54) is 12.4 Å². The number of hydrogen-bond acceptors (Lipinski definition) is 6. The van der Waals surface area contributed by atoms with Gasteiger partial charge in [0.2, 0.25) is 11.8 Å². The summed E-state index contributed by atoms with van der Waals surface area (Å²) in [6.45, 7) is 0.333. The first kappa shape index (κ1) is 23.9. The molecule has 0 atom stereocenters. The van der Waals surface area contributed by atoms with Crippen molar-refractivity contribution >= 4 is 36.1 Å². The van der Waals surface area contributed by atoms with Crippen LogP contribution in [-0.2, 0) is 9.59 Å². The van der Waals surface area contributed by atoms with Crippen molar-refractivity contribution in [2.45, 2.75) is 12.8 Å². The molecule has 0 spiro atoms. The third-order valence-electron chi connectivity index (χ3n) is 3.94. The molecule has 0 aliphatic rings. The lowest BCUT2D eigenvalue weighted by molar-refractivity contribution is -0.121. The van der Waals surface area contributed by atoms with Crippen LogP contribution < -0.4 is 21.5 Å². The highest BCUT2D eigenvalue weighted by atomic mass is 16.2. The fraction of sp³-hybridized carbons (Fsp3) is 0.182. The smallest absolute Gasteiger partial charge is 0.251 e. The van der Waals surface area contributed by atoms with Crippen LogP contribution in [0.1, 0.15) is 33.6 Å². The Hall–Kier alpha value is -4.34. The van der Waals surface area contributed by atoms with Crippen molar-refractivity contribution in [2.75, 3.05) is 13.1 Å². The number of carbonyl (C=O) groups excluding carboxylic acids is 4. The van der Waals surface area contributed by atoms with E-state index < -0.39 is 0 Å². The van der Waals surface area contributed by atoms with Gasteiger partial charge in [-0.2, -0.15) is 10.2 Å². The van der Waals surface area contributed by atoms with Crippen LogP contribution in [0, 0.1) is 0 Å². The molecule has 0 aliphatic carbocycles. The average Bonchev–Trinajstić information content (AvgIpc) is 2.82. The molecule has 4 N–H and O–H groups in total. The number of hydrogen-bond donors (Lipinski definition) is 4. The number of benzene rings is 2. The first-order valence-corrected chi connectivity index (χ1v) is 9.85. The molecule has 32 heavy (non-hydrogen) atoms. The predicted molar refractivity (Wildman–Crippen MR) is 120 cm³/mol. The summed E-state index contributed by atoms with van der Waals surface area (Å²) in [5.41, 5.74) is 5.58. The van der Waals surface area contributed by atoms with Crippen molar-refractivity contribution < 1.29 is 19.2 Å². The Morgan fingerprint density at radius 2 is 1.00 bits per heavy atom. The highest BCUT2D eigenvalue weighted by molar-refractivity contribution is 6.16. The molecule has 0 aromatic heterocycles. The van der Waals surface area contributed by atoms with Gasteiger partial charge in [0.15, 0.2) is 0 Å². The SMILES string of the molecule is O=C(CCNC(=O)c1ccccc1)NN=CC=NNC(=O)CCNC(=O)c1ccccc1. The van der Waals surface area contributed by atoms with E-state index in [0.29, 0.717) is 11.1 Å². The van der Waals surface area contributed by atoms with E-state index in [9.17, 15) is 19.2 Å². The number of nitrogens with one attached hydrogen (secondary N) is 4. The number of rotatable bonds is 11. The highest BCUT2D eigenvalue weighted by Gasteiger charge is 2.06. The fourth-order valence-electron chi connectivity index (χ4n) is 2.36. The van der Waals surface area contributed by atoms with Crippen molar-refractivity contribution in [3.8, 4) is 0 Å². The molecule has 0 radical (unpaired) electrons. The molecule has 166 valence electrons. The molecule has 2 aromatic carbocycles. The molecule has 10 heteroatoms. The van der Waals surface area contributed by atoms with Gasteiger partial charge in [-0.1, -0.05) is 36.4 Å². The molecule has 0 bridgehead atoms. The van der Waals surface area contributed by atoms with Crippen LogP contribution in [0.3, 0.4) is 0 Å². The molecular formula is C22H24N6O4. The van der Waals surface area contributed by atoms with Gasteiger partial charge in [-0.25, -0.2) is 10.9 Å². The Kier molecular flexibility index (Phi) is 10.3. The van der Waals surface area contributed by atoms with Crippen molar-refractivity contribution in [2.24, 2.45) is 10.2 Å². The average molecular weight is 436 g/mol. The zero-order valence-corrected chi connectivity index (χ0v) is 17.3. The Labute approximate surface area is 185 Å². The van der Waals surface area contributed by atoms with Crippen LogP contribution in [0.4, 0.5) is 0 Å². The first-order valence-electron chi connectivity index (χ1n) is 9.85. The Bertz CT molecular complexity index is 881. The highest BCUT2D eigenvalue weighted by Crippen LogP contribution is 1.98. The van der Waals surface area contributed by atoms with Gasteiger partial charge in [0.1, 0.15) is 0 Å². The maximum Gasteiger partial charge on any atom is 0.251 e. The molecule has 0 fully saturated rings. The second-order valence-electron chi connectivity index (χ2n) is 6.37. The van der Waals surface area contributed by atoms with E-state index in [1.807, 2.05) is 12.1 Å². The zero-order chi connectivity index (χ0) is 23.0. The molecule has 2 rings (SSSR count). The predicted octanol–water partition coefficient (Wildman–Crippen LogP) is 0.831. The van der Waals surface area contributed by atoms with Gasteiger partial charge in [0.05, 0.1) is 12.4 Å². The van der Waals surface area contributed by atoms with Crippen LogP contribution in [0.2, 0.25) is 0 Å². The lowest BCUT2D eigenvalue weighted by Crippen LogP contribution is -2.29. The summed E-state index contributed by atoms with van der Waals surface area (Å²) in [5, 5.41) is 12.6. The zero-order valence-electron chi connectivity index (χ0n) is 17.3. The molecule has 0 heterocycles. The van der Waals surface area contributed by atoms with Gasteiger partial charge in [0.25, 0.3) is 11.8 Å². The molecule has 4 amide bonds. The third-order valence-corrected chi connectivity index (χ3v) is 3.94.